The van der Waals surface area contributed by atoms with Gasteiger partial charge in [-0.2, -0.15) is 0 Å². The Morgan fingerprint density at radius 1 is 1.20 bits per heavy atom. The standard InChI is InChI=1S/C13H19NO/c1-9(14)10(2)15-13-7-6-11-4-3-5-12(11)8-13/h6-10H,3-5,14H2,1-2H3/t9-,10?/m1/s1. The Morgan fingerprint density at radius 2 is 1.93 bits per heavy atom. The molecule has 0 saturated carbocycles. The molecule has 1 aromatic carbocycles. The molecule has 1 aliphatic carbocycles. The van der Waals surface area contributed by atoms with Crippen molar-refractivity contribution >= 4 is 0 Å². The Labute approximate surface area is 91.4 Å². The maximum Gasteiger partial charge on any atom is 0.120 e. The van der Waals surface area contributed by atoms with Crippen LogP contribution in [0.15, 0.2) is 18.2 Å². The van der Waals surface area contributed by atoms with E-state index in [0.717, 1.165) is 5.75 Å². The van der Waals surface area contributed by atoms with Crippen LogP contribution in [0.3, 0.4) is 0 Å². The number of aryl methyl sites for hydroxylation is 2. The van der Waals surface area contributed by atoms with Crippen molar-refractivity contribution in [2.45, 2.75) is 45.3 Å². The maximum atomic E-state index is 5.78. The van der Waals surface area contributed by atoms with Gasteiger partial charge in [0.15, 0.2) is 0 Å². The van der Waals surface area contributed by atoms with Crippen LogP contribution in [0.25, 0.3) is 0 Å². The smallest absolute Gasteiger partial charge is 0.120 e. The van der Waals surface area contributed by atoms with Gasteiger partial charge in [0.1, 0.15) is 11.9 Å². The molecule has 15 heavy (non-hydrogen) atoms. The number of nitrogens with two attached hydrogens (primary N) is 1. The van der Waals surface area contributed by atoms with Crippen molar-refractivity contribution in [3.8, 4) is 5.75 Å². The summed E-state index contributed by atoms with van der Waals surface area (Å²) in [7, 11) is 0. The van der Waals surface area contributed by atoms with Gasteiger partial charge in [0.05, 0.1) is 0 Å². The molecule has 1 unspecified atom stereocenters. The van der Waals surface area contributed by atoms with E-state index in [2.05, 4.69) is 18.2 Å². The highest BCUT2D eigenvalue weighted by Gasteiger charge is 2.13. The van der Waals surface area contributed by atoms with Gasteiger partial charge in [-0.1, -0.05) is 6.07 Å². The zero-order valence-corrected chi connectivity index (χ0v) is 9.49. The summed E-state index contributed by atoms with van der Waals surface area (Å²) in [5.41, 5.74) is 8.70. The summed E-state index contributed by atoms with van der Waals surface area (Å²) in [5, 5.41) is 0. The Balaban J connectivity index is 2.10. The molecule has 0 radical (unpaired) electrons. The van der Waals surface area contributed by atoms with E-state index in [4.69, 9.17) is 10.5 Å². The predicted octanol–water partition coefficient (Wildman–Crippen LogP) is 2.29. The van der Waals surface area contributed by atoms with Crippen LogP contribution in [0.4, 0.5) is 0 Å². The van der Waals surface area contributed by atoms with Crippen molar-refractivity contribution in [2.75, 3.05) is 0 Å². The third-order valence-electron chi connectivity index (χ3n) is 3.13. The van der Waals surface area contributed by atoms with Gasteiger partial charge < -0.3 is 10.5 Å². The van der Waals surface area contributed by atoms with Gasteiger partial charge in [-0.25, -0.2) is 0 Å². The van der Waals surface area contributed by atoms with Crippen LogP contribution in [-0.4, -0.2) is 12.1 Å². The lowest BCUT2D eigenvalue weighted by atomic mass is 10.1. The largest absolute Gasteiger partial charge is 0.489 e. The van der Waals surface area contributed by atoms with Crippen molar-refractivity contribution in [2.24, 2.45) is 5.73 Å². The second-order valence-electron chi connectivity index (χ2n) is 4.47. The fourth-order valence-electron chi connectivity index (χ4n) is 1.94. The number of fused-ring (bicyclic) bond motifs is 1. The van der Waals surface area contributed by atoms with Gasteiger partial charge in [-0.05, 0) is 56.4 Å². The van der Waals surface area contributed by atoms with Gasteiger partial charge in [0, 0.05) is 6.04 Å². The van der Waals surface area contributed by atoms with Crippen LogP contribution in [0.5, 0.6) is 5.75 Å². The molecule has 0 saturated heterocycles. The molecule has 2 rings (SSSR count). The molecule has 0 fully saturated rings. The highest BCUT2D eigenvalue weighted by atomic mass is 16.5. The van der Waals surface area contributed by atoms with E-state index in [-0.39, 0.29) is 12.1 Å². The summed E-state index contributed by atoms with van der Waals surface area (Å²) >= 11 is 0. The molecule has 0 spiro atoms. The summed E-state index contributed by atoms with van der Waals surface area (Å²) in [6.07, 6.45) is 3.77. The summed E-state index contributed by atoms with van der Waals surface area (Å²) in [6, 6.07) is 6.48. The number of benzene rings is 1. The molecule has 1 aromatic rings. The third kappa shape index (κ3) is 2.32. The van der Waals surface area contributed by atoms with E-state index in [1.165, 1.54) is 30.4 Å². The number of ether oxygens (including phenoxy) is 1. The molecule has 0 heterocycles. The van der Waals surface area contributed by atoms with E-state index in [0.29, 0.717) is 0 Å². The molecule has 0 aromatic heterocycles. The Hall–Kier alpha value is -1.02. The van der Waals surface area contributed by atoms with Crippen molar-refractivity contribution in [1.82, 2.24) is 0 Å². The zero-order valence-electron chi connectivity index (χ0n) is 9.49. The fraction of sp³-hybridized carbons (Fsp3) is 0.538. The first-order valence-electron chi connectivity index (χ1n) is 5.71. The van der Waals surface area contributed by atoms with Crippen molar-refractivity contribution in [1.29, 1.82) is 0 Å². The molecule has 0 amide bonds. The lowest BCUT2D eigenvalue weighted by molar-refractivity contribution is 0.196. The molecule has 1 aliphatic rings. The average molecular weight is 205 g/mol. The first-order chi connectivity index (χ1) is 7.16. The van der Waals surface area contributed by atoms with Crippen LogP contribution >= 0.6 is 0 Å². The predicted molar refractivity (Wildman–Crippen MR) is 62.2 cm³/mol. The maximum absolute atomic E-state index is 5.78. The molecule has 2 nitrogen and oxygen atoms in total. The Morgan fingerprint density at radius 3 is 2.67 bits per heavy atom. The molecule has 0 bridgehead atoms. The highest BCUT2D eigenvalue weighted by Crippen LogP contribution is 2.26. The lowest BCUT2D eigenvalue weighted by Gasteiger charge is -2.18. The summed E-state index contributed by atoms with van der Waals surface area (Å²) < 4.78 is 5.78. The minimum Gasteiger partial charge on any atom is -0.489 e. The second kappa shape index (κ2) is 4.23. The van der Waals surface area contributed by atoms with Gasteiger partial charge >= 0.3 is 0 Å². The normalized spacial score (nSPS) is 18.3. The van der Waals surface area contributed by atoms with Crippen LogP contribution in [0.1, 0.15) is 31.4 Å². The minimum absolute atomic E-state index is 0.0678. The van der Waals surface area contributed by atoms with Crippen LogP contribution in [0, 0.1) is 0 Å². The van der Waals surface area contributed by atoms with Crippen LogP contribution in [-0.2, 0) is 12.8 Å². The SMILES string of the molecule is CC(Oc1ccc2c(c1)CCC2)[C@@H](C)N. The van der Waals surface area contributed by atoms with Crippen LogP contribution in [0.2, 0.25) is 0 Å². The second-order valence-corrected chi connectivity index (χ2v) is 4.47. The quantitative estimate of drug-likeness (QED) is 0.821. The number of rotatable bonds is 3. The average Bonchev–Trinajstić information content (AvgIpc) is 2.64. The first kappa shape index (κ1) is 10.5. The van der Waals surface area contributed by atoms with E-state index >= 15 is 0 Å². The van der Waals surface area contributed by atoms with Crippen molar-refractivity contribution in [3.63, 3.8) is 0 Å². The molecule has 82 valence electrons. The van der Waals surface area contributed by atoms with Gasteiger partial charge in [-0.15, -0.1) is 0 Å². The summed E-state index contributed by atoms with van der Waals surface area (Å²) in [4.78, 5) is 0. The van der Waals surface area contributed by atoms with Gasteiger partial charge in [-0.3, -0.25) is 0 Å². The van der Waals surface area contributed by atoms with Crippen molar-refractivity contribution < 1.29 is 4.74 Å². The van der Waals surface area contributed by atoms with E-state index in [9.17, 15) is 0 Å². The van der Waals surface area contributed by atoms with Crippen LogP contribution < -0.4 is 10.5 Å². The van der Waals surface area contributed by atoms with Crippen molar-refractivity contribution in [3.05, 3.63) is 29.3 Å². The Bertz CT molecular complexity index is 346. The topological polar surface area (TPSA) is 35.2 Å². The first-order valence-corrected chi connectivity index (χ1v) is 5.71. The molecule has 0 aliphatic heterocycles. The van der Waals surface area contributed by atoms with Gasteiger partial charge in [0.2, 0.25) is 0 Å². The number of hydrogen-bond acceptors (Lipinski definition) is 2. The van der Waals surface area contributed by atoms with E-state index in [1.807, 2.05) is 13.8 Å². The molecule has 2 heteroatoms. The molecular formula is C13H19NO. The van der Waals surface area contributed by atoms with E-state index < -0.39 is 0 Å². The highest BCUT2D eigenvalue weighted by molar-refractivity contribution is 5.38. The minimum atomic E-state index is 0.0678. The molecule has 2 N–H and O–H groups in total. The molecular weight excluding hydrogens is 186 g/mol. The zero-order chi connectivity index (χ0) is 10.8. The monoisotopic (exact) mass is 205 g/mol. The number of hydrogen-bond donors (Lipinski definition) is 1. The summed E-state index contributed by atoms with van der Waals surface area (Å²) in [6.45, 7) is 3.98. The fourth-order valence-corrected chi connectivity index (χ4v) is 1.94. The Kier molecular flexibility index (Phi) is 2.96. The van der Waals surface area contributed by atoms with Gasteiger partial charge in [0.25, 0.3) is 0 Å². The summed E-state index contributed by atoms with van der Waals surface area (Å²) in [5.74, 6) is 0.959. The molecule has 2 atom stereocenters. The van der Waals surface area contributed by atoms with E-state index in [1.54, 1.807) is 0 Å². The third-order valence-corrected chi connectivity index (χ3v) is 3.13. The lowest BCUT2D eigenvalue weighted by Crippen LogP contribution is -2.33.